The van der Waals surface area contributed by atoms with E-state index in [2.05, 4.69) is 37.4 Å². The topological polar surface area (TPSA) is 49.4 Å². The van der Waals surface area contributed by atoms with Crippen LogP contribution in [-0.2, 0) is 16.0 Å². The molecule has 158 valence electrons. The van der Waals surface area contributed by atoms with Crippen LogP contribution < -0.4 is 10.2 Å². The Morgan fingerprint density at radius 1 is 1.00 bits per heavy atom. The average Bonchev–Trinajstić information content (AvgIpc) is 3.14. The third-order valence-corrected chi connectivity index (χ3v) is 6.53. The summed E-state index contributed by atoms with van der Waals surface area (Å²) in [7, 11) is 0. The van der Waals surface area contributed by atoms with Gasteiger partial charge in [-0.05, 0) is 66.8 Å². The lowest BCUT2D eigenvalue weighted by atomic mass is 10.1. The first-order chi connectivity index (χ1) is 15.0. The third-order valence-electron chi connectivity index (χ3n) is 5.32. The molecule has 3 aromatic carbocycles. The van der Waals surface area contributed by atoms with Crippen molar-refractivity contribution in [3.63, 3.8) is 0 Å². The fourth-order valence-electron chi connectivity index (χ4n) is 3.90. The molecule has 31 heavy (non-hydrogen) atoms. The van der Waals surface area contributed by atoms with Crippen LogP contribution in [0.2, 0.25) is 0 Å². The highest BCUT2D eigenvalue weighted by molar-refractivity contribution is 8.00. The van der Waals surface area contributed by atoms with E-state index in [9.17, 15) is 9.59 Å². The Labute approximate surface area is 187 Å². The minimum absolute atomic E-state index is 0.00103. The summed E-state index contributed by atoms with van der Waals surface area (Å²) in [6.45, 7) is 4.10. The van der Waals surface area contributed by atoms with Crippen LogP contribution in [0.25, 0.3) is 0 Å². The van der Waals surface area contributed by atoms with Gasteiger partial charge in [0.05, 0.1) is 5.75 Å². The highest BCUT2D eigenvalue weighted by atomic mass is 32.2. The molecule has 0 radical (unpaired) electrons. The molecular weight excluding hydrogens is 404 g/mol. The molecule has 1 fully saturated rings. The number of rotatable bonds is 6. The van der Waals surface area contributed by atoms with Gasteiger partial charge in [-0.1, -0.05) is 48.5 Å². The van der Waals surface area contributed by atoms with E-state index in [4.69, 9.17) is 0 Å². The Morgan fingerprint density at radius 2 is 1.68 bits per heavy atom. The van der Waals surface area contributed by atoms with Gasteiger partial charge in [0.15, 0.2) is 0 Å². The Morgan fingerprint density at radius 3 is 2.35 bits per heavy atom. The molecule has 5 heteroatoms. The first-order valence-electron chi connectivity index (χ1n) is 10.5. The number of nitrogens with one attached hydrogen (secondary N) is 1. The number of benzene rings is 3. The molecule has 4 nitrogen and oxygen atoms in total. The number of hydrogen-bond donors (Lipinski definition) is 1. The lowest BCUT2D eigenvalue weighted by Crippen LogP contribution is -2.28. The number of nitrogens with zero attached hydrogens (tertiary/aromatic N) is 1. The number of hydrogen-bond acceptors (Lipinski definition) is 3. The molecule has 2 amide bonds. The summed E-state index contributed by atoms with van der Waals surface area (Å²) in [5.41, 5.74) is 6.21. The minimum Gasteiger partial charge on any atom is -0.326 e. The van der Waals surface area contributed by atoms with E-state index < -0.39 is 0 Å². The first kappa shape index (κ1) is 21.2. The van der Waals surface area contributed by atoms with E-state index >= 15 is 0 Å². The van der Waals surface area contributed by atoms with E-state index in [1.54, 1.807) is 11.8 Å². The number of carbonyl (C=O) groups is 2. The standard InChI is InChI=1S/C26H26N2O2S/c1-18-14-19(2)16-23(15-18)28-25(30)17-31-26(28)21-9-11-22(12-10-21)27-24(29)13-8-20-6-4-3-5-7-20/h3-7,9-12,14-16,26H,8,13,17H2,1-2H3,(H,27,29). The molecule has 0 aromatic heterocycles. The minimum atomic E-state index is -0.0588. The Bertz CT molecular complexity index is 1060. The van der Waals surface area contributed by atoms with Crippen molar-refractivity contribution in [2.75, 3.05) is 16.0 Å². The molecule has 1 heterocycles. The molecule has 3 aromatic rings. The first-order valence-corrected chi connectivity index (χ1v) is 11.5. The number of anilines is 2. The van der Waals surface area contributed by atoms with Crippen molar-refractivity contribution in [2.45, 2.75) is 32.1 Å². The maximum atomic E-state index is 12.6. The van der Waals surface area contributed by atoms with E-state index in [1.807, 2.05) is 59.5 Å². The van der Waals surface area contributed by atoms with E-state index in [0.717, 1.165) is 40.0 Å². The second-order valence-electron chi connectivity index (χ2n) is 7.93. The van der Waals surface area contributed by atoms with Gasteiger partial charge in [0.25, 0.3) is 0 Å². The van der Waals surface area contributed by atoms with Crippen LogP contribution in [0.1, 0.15) is 34.0 Å². The summed E-state index contributed by atoms with van der Waals surface area (Å²) in [5, 5.41) is 2.91. The Balaban J connectivity index is 1.43. The molecule has 0 saturated carbocycles. The van der Waals surface area contributed by atoms with Crippen LogP contribution >= 0.6 is 11.8 Å². The summed E-state index contributed by atoms with van der Waals surface area (Å²) in [4.78, 5) is 26.8. The van der Waals surface area contributed by atoms with Crippen molar-refractivity contribution < 1.29 is 9.59 Å². The van der Waals surface area contributed by atoms with E-state index in [-0.39, 0.29) is 17.2 Å². The van der Waals surface area contributed by atoms with Crippen molar-refractivity contribution in [1.82, 2.24) is 0 Å². The van der Waals surface area contributed by atoms with Crippen molar-refractivity contribution >= 4 is 35.0 Å². The highest BCUT2D eigenvalue weighted by Crippen LogP contribution is 2.42. The van der Waals surface area contributed by atoms with Crippen LogP contribution in [0, 0.1) is 13.8 Å². The second kappa shape index (κ2) is 9.40. The zero-order chi connectivity index (χ0) is 21.8. The lowest BCUT2D eigenvalue weighted by Gasteiger charge is -2.25. The zero-order valence-corrected chi connectivity index (χ0v) is 18.6. The average molecular weight is 431 g/mol. The van der Waals surface area contributed by atoms with Crippen molar-refractivity contribution in [2.24, 2.45) is 0 Å². The molecule has 1 aliphatic rings. The van der Waals surface area contributed by atoms with E-state index in [1.165, 1.54) is 0 Å². The molecular formula is C26H26N2O2S. The Kier molecular flexibility index (Phi) is 6.42. The Hall–Kier alpha value is -3.05. The predicted octanol–water partition coefficient (Wildman–Crippen LogP) is 5.65. The number of carbonyl (C=O) groups excluding carboxylic acids is 2. The van der Waals surface area contributed by atoms with Crippen LogP contribution in [0.4, 0.5) is 11.4 Å². The molecule has 0 spiro atoms. The molecule has 4 rings (SSSR count). The van der Waals surface area contributed by atoms with Gasteiger partial charge in [-0.2, -0.15) is 0 Å². The van der Waals surface area contributed by atoms with E-state index in [0.29, 0.717) is 12.2 Å². The number of amides is 2. The normalized spacial score (nSPS) is 15.9. The third kappa shape index (κ3) is 5.17. The summed E-state index contributed by atoms with van der Waals surface area (Å²) in [6.07, 6.45) is 1.16. The van der Waals surface area contributed by atoms with Crippen LogP contribution in [0.5, 0.6) is 0 Å². The highest BCUT2D eigenvalue weighted by Gasteiger charge is 2.34. The molecule has 1 N–H and O–H groups in total. The van der Waals surface area contributed by atoms with Crippen LogP contribution in [0.3, 0.4) is 0 Å². The maximum absolute atomic E-state index is 12.6. The smallest absolute Gasteiger partial charge is 0.238 e. The summed E-state index contributed by atoms with van der Waals surface area (Å²) in [6, 6.07) is 24.1. The fraction of sp³-hybridized carbons (Fsp3) is 0.231. The summed E-state index contributed by atoms with van der Waals surface area (Å²) < 4.78 is 0. The van der Waals surface area contributed by atoms with Gasteiger partial charge in [0.1, 0.15) is 5.37 Å². The van der Waals surface area contributed by atoms with Gasteiger partial charge >= 0.3 is 0 Å². The molecule has 1 saturated heterocycles. The number of thioether (sulfide) groups is 1. The lowest BCUT2D eigenvalue weighted by molar-refractivity contribution is -0.116. The molecule has 0 aliphatic carbocycles. The largest absolute Gasteiger partial charge is 0.326 e. The molecule has 1 unspecified atom stereocenters. The fourth-order valence-corrected chi connectivity index (χ4v) is 5.07. The van der Waals surface area contributed by atoms with Crippen molar-refractivity contribution in [3.05, 3.63) is 95.1 Å². The zero-order valence-electron chi connectivity index (χ0n) is 17.8. The van der Waals surface area contributed by atoms with Gasteiger partial charge in [-0.15, -0.1) is 11.8 Å². The predicted molar refractivity (Wildman–Crippen MR) is 128 cm³/mol. The maximum Gasteiger partial charge on any atom is 0.238 e. The molecule has 0 bridgehead atoms. The summed E-state index contributed by atoms with van der Waals surface area (Å²) in [5.74, 6) is 0.590. The molecule has 1 aliphatic heterocycles. The van der Waals surface area contributed by atoms with Crippen molar-refractivity contribution in [3.8, 4) is 0 Å². The van der Waals surface area contributed by atoms with Gasteiger partial charge < -0.3 is 5.32 Å². The van der Waals surface area contributed by atoms with Gasteiger partial charge in [0, 0.05) is 17.8 Å². The van der Waals surface area contributed by atoms with Crippen molar-refractivity contribution in [1.29, 1.82) is 0 Å². The van der Waals surface area contributed by atoms with Gasteiger partial charge in [0.2, 0.25) is 11.8 Å². The van der Waals surface area contributed by atoms with Crippen LogP contribution in [0.15, 0.2) is 72.8 Å². The summed E-state index contributed by atoms with van der Waals surface area (Å²) >= 11 is 1.63. The number of aryl methyl sites for hydroxylation is 3. The quantitative estimate of drug-likeness (QED) is 0.549. The van der Waals surface area contributed by atoms with Gasteiger partial charge in [-0.25, -0.2) is 0 Å². The second-order valence-corrected chi connectivity index (χ2v) is 9.00. The molecule has 1 atom stereocenters. The van der Waals surface area contributed by atoms with Crippen LogP contribution in [-0.4, -0.2) is 17.6 Å². The monoisotopic (exact) mass is 430 g/mol. The van der Waals surface area contributed by atoms with Gasteiger partial charge in [-0.3, -0.25) is 14.5 Å². The SMILES string of the molecule is Cc1cc(C)cc(N2C(=O)CSC2c2ccc(NC(=O)CCc3ccccc3)cc2)c1.